The summed E-state index contributed by atoms with van der Waals surface area (Å²) in [6.07, 6.45) is 0. The van der Waals surface area contributed by atoms with Crippen LogP contribution in [0.1, 0.15) is 0 Å². The lowest BCUT2D eigenvalue weighted by Crippen LogP contribution is -1.97. The van der Waals surface area contributed by atoms with E-state index in [1.807, 2.05) is 6.07 Å². The fourth-order valence-electron chi connectivity index (χ4n) is 10.6. The summed E-state index contributed by atoms with van der Waals surface area (Å²) in [6.45, 7) is 0. The van der Waals surface area contributed by atoms with Crippen LogP contribution in [0.15, 0.2) is 249 Å². The summed E-state index contributed by atoms with van der Waals surface area (Å²) in [5.41, 5.74) is 16.9. The molecular weight excluding hydrogens is 851 g/mol. The van der Waals surface area contributed by atoms with E-state index in [-0.39, 0.29) is 0 Å². The van der Waals surface area contributed by atoms with E-state index in [0.29, 0.717) is 5.82 Å². The van der Waals surface area contributed by atoms with Crippen molar-refractivity contribution in [1.29, 1.82) is 0 Å². The largest absolute Gasteiger partial charge is 0.309 e. The highest BCUT2D eigenvalue weighted by Gasteiger charge is 2.19. The van der Waals surface area contributed by atoms with Gasteiger partial charge < -0.3 is 9.13 Å². The van der Waals surface area contributed by atoms with Gasteiger partial charge in [0.25, 0.3) is 0 Å². The van der Waals surface area contributed by atoms with E-state index in [4.69, 9.17) is 15.0 Å². The van der Waals surface area contributed by atoms with Crippen LogP contribution >= 0.6 is 0 Å². The Morgan fingerprint density at radius 3 is 1.34 bits per heavy atom. The third-order valence-electron chi connectivity index (χ3n) is 13.9. The first-order valence-electron chi connectivity index (χ1n) is 23.8. The normalized spacial score (nSPS) is 11.7. The van der Waals surface area contributed by atoms with E-state index in [1.165, 1.54) is 43.5 Å². The van der Waals surface area contributed by atoms with Crippen molar-refractivity contribution < 1.29 is 0 Å². The van der Waals surface area contributed by atoms with Gasteiger partial charge in [-0.05, 0) is 101 Å². The second-order valence-electron chi connectivity index (χ2n) is 18.0. The quantitative estimate of drug-likeness (QED) is 0.150. The zero-order chi connectivity index (χ0) is 46.1. The average molecular weight is 892 g/mol. The molecular formula is C65H41N5. The van der Waals surface area contributed by atoms with Gasteiger partial charge in [-0.25, -0.2) is 15.0 Å². The molecule has 0 unspecified atom stereocenters. The van der Waals surface area contributed by atoms with Crippen molar-refractivity contribution >= 4 is 65.3 Å². The van der Waals surface area contributed by atoms with Crippen LogP contribution in [-0.2, 0) is 0 Å². The molecule has 0 fully saturated rings. The predicted octanol–water partition coefficient (Wildman–Crippen LogP) is 16.7. The molecule has 0 saturated carbocycles. The van der Waals surface area contributed by atoms with Gasteiger partial charge >= 0.3 is 0 Å². The molecule has 0 N–H and O–H groups in total. The Morgan fingerprint density at radius 2 is 0.714 bits per heavy atom. The zero-order valence-electron chi connectivity index (χ0n) is 37.9. The van der Waals surface area contributed by atoms with Crippen LogP contribution in [0.4, 0.5) is 0 Å². The van der Waals surface area contributed by atoms with Gasteiger partial charge in [0.05, 0.1) is 44.7 Å². The molecule has 0 aliphatic heterocycles. The van der Waals surface area contributed by atoms with Gasteiger partial charge in [0, 0.05) is 65.9 Å². The van der Waals surface area contributed by atoms with Crippen molar-refractivity contribution in [1.82, 2.24) is 24.1 Å². The SMILES string of the molecule is c1ccc(-c2cc(-c3ccc(-c4ccc5nc(-c6ccccc6)c6cc7c(cc6c5c4)c4ccccc4n7-c4ccccc4)cc3)nc(-c3ccc(-n4c5ccccc5c5ccccc54)cc3)n2)cc1. The summed E-state index contributed by atoms with van der Waals surface area (Å²) in [4.78, 5) is 15.8. The maximum absolute atomic E-state index is 5.41. The number of fused-ring (bicyclic) bond motifs is 9. The fraction of sp³-hybridized carbons (Fsp3) is 0. The zero-order valence-corrected chi connectivity index (χ0v) is 37.9. The fourth-order valence-corrected chi connectivity index (χ4v) is 10.6. The van der Waals surface area contributed by atoms with E-state index in [2.05, 4.69) is 252 Å². The molecule has 0 bridgehead atoms. The molecule has 0 amide bonds. The summed E-state index contributed by atoms with van der Waals surface area (Å²) in [5, 5.41) is 8.33. The van der Waals surface area contributed by atoms with Crippen molar-refractivity contribution in [3.63, 3.8) is 0 Å². The van der Waals surface area contributed by atoms with Crippen molar-refractivity contribution in [2.75, 3.05) is 0 Å². The van der Waals surface area contributed by atoms with Crippen LogP contribution in [0.25, 0.3) is 133 Å². The van der Waals surface area contributed by atoms with Crippen LogP contribution < -0.4 is 0 Å². The molecule has 0 spiro atoms. The highest BCUT2D eigenvalue weighted by molar-refractivity contribution is 6.20. The number of para-hydroxylation sites is 4. The molecule has 14 rings (SSSR count). The molecule has 5 nitrogen and oxygen atoms in total. The summed E-state index contributed by atoms with van der Waals surface area (Å²) in [7, 11) is 0. The van der Waals surface area contributed by atoms with Gasteiger partial charge in [-0.15, -0.1) is 0 Å². The van der Waals surface area contributed by atoms with Crippen molar-refractivity contribution in [3.05, 3.63) is 249 Å². The minimum absolute atomic E-state index is 0.680. The Hall–Kier alpha value is -9.45. The summed E-state index contributed by atoms with van der Waals surface area (Å²) in [5.74, 6) is 0.680. The first-order chi connectivity index (χ1) is 34.7. The number of rotatable bonds is 7. The number of aromatic nitrogens is 5. The first-order valence-corrected chi connectivity index (χ1v) is 23.8. The maximum atomic E-state index is 5.41. The van der Waals surface area contributed by atoms with Crippen LogP contribution in [0.5, 0.6) is 0 Å². The van der Waals surface area contributed by atoms with Gasteiger partial charge in [-0.3, -0.25) is 0 Å². The highest BCUT2D eigenvalue weighted by atomic mass is 15.0. The van der Waals surface area contributed by atoms with E-state index in [1.54, 1.807) is 0 Å². The van der Waals surface area contributed by atoms with E-state index >= 15 is 0 Å². The van der Waals surface area contributed by atoms with Gasteiger partial charge in [-0.1, -0.05) is 164 Å². The molecule has 5 heteroatoms. The summed E-state index contributed by atoms with van der Waals surface area (Å²) < 4.78 is 4.72. The average Bonchev–Trinajstić information content (AvgIpc) is 3.95. The molecule has 70 heavy (non-hydrogen) atoms. The smallest absolute Gasteiger partial charge is 0.160 e. The van der Waals surface area contributed by atoms with Crippen LogP contribution in [-0.4, -0.2) is 24.1 Å². The Kier molecular flexibility index (Phi) is 9.14. The molecule has 4 aromatic heterocycles. The molecule has 0 radical (unpaired) electrons. The standard InChI is InChI=1S/C65H41N5/c1-4-16-43(17-5-1)58-41-59(68-65(67-58)46-32-35-49(36-33-46)69-60-25-13-10-22-50(60)51-23-11-14-26-61(51)69)44-30-28-42(29-31-44)47-34-37-57-54(38-47)53-39-55-52-24-12-15-27-62(52)70(48-20-8-3-9-21-48)63(55)40-56(53)64(66-57)45-18-6-2-7-19-45/h1-41H. The Bertz CT molecular complexity index is 4250. The number of benzene rings is 10. The lowest BCUT2D eigenvalue weighted by molar-refractivity contribution is 1.16. The number of nitrogens with zero attached hydrogens (tertiary/aromatic N) is 5. The lowest BCUT2D eigenvalue weighted by atomic mass is 9.95. The Labute approximate surface area is 403 Å². The van der Waals surface area contributed by atoms with Gasteiger partial charge in [-0.2, -0.15) is 0 Å². The number of hydrogen-bond donors (Lipinski definition) is 0. The van der Waals surface area contributed by atoms with Gasteiger partial charge in [0.15, 0.2) is 5.82 Å². The Morgan fingerprint density at radius 1 is 0.243 bits per heavy atom. The number of hydrogen-bond acceptors (Lipinski definition) is 3. The first kappa shape index (κ1) is 39.7. The summed E-state index contributed by atoms with van der Waals surface area (Å²) >= 11 is 0. The predicted molar refractivity (Wildman–Crippen MR) is 291 cm³/mol. The van der Waals surface area contributed by atoms with Crippen LogP contribution in [0.2, 0.25) is 0 Å². The molecule has 10 aromatic carbocycles. The van der Waals surface area contributed by atoms with Gasteiger partial charge in [0.1, 0.15) is 0 Å². The second kappa shape index (κ2) is 16.1. The van der Waals surface area contributed by atoms with E-state index in [0.717, 1.165) is 83.6 Å². The van der Waals surface area contributed by atoms with E-state index in [9.17, 15) is 0 Å². The Balaban J connectivity index is 0.873. The third kappa shape index (κ3) is 6.51. The minimum Gasteiger partial charge on any atom is -0.309 e. The van der Waals surface area contributed by atoms with Crippen molar-refractivity contribution in [2.45, 2.75) is 0 Å². The molecule has 0 atom stereocenters. The van der Waals surface area contributed by atoms with E-state index < -0.39 is 0 Å². The molecule has 4 heterocycles. The maximum Gasteiger partial charge on any atom is 0.160 e. The highest BCUT2D eigenvalue weighted by Crippen LogP contribution is 2.41. The summed E-state index contributed by atoms with van der Waals surface area (Å²) in [6, 6.07) is 88.5. The van der Waals surface area contributed by atoms with Crippen molar-refractivity contribution in [3.8, 4) is 67.7 Å². The molecule has 14 aromatic rings. The third-order valence-corrected chi connectivity index (χ3v) is 13.9. The monoisotopic (exact) mass is 891 g/mol. The second-order valence-corrected chi connectivity index (χ2v) is 18.0. The number of pyridine rings is 1. The molecule has 0 saturated heterocycles. The molecule has 0 aliphatic rings. The minimum atomic E-state index is 0.680. The lowest BCUT2D eigenvalue weighted by Gasteiger charge is -2.14. The van der Waals surface area contributed by atoms with Gasteiger partial charge in [0.2, 0.25) is 0 Å². The molecule has 0 aliphatic carbocycles. The van der Waals surface area contributed by atoms with Crippen LogP contribution in [0, 0.1) is 0 Å². The van der Waals surface area contributed by atoms with Crippen LogP contribution in [0.3, 0.4) is 0 Å². The molecule has 326 valence electrons. The van der Waals surface area contributed by atoms with Crippen molar-refractivity contribution in [2.24, 2.45) is 0 Å². The topological polar surface area (TPSA) is 48.5 Å².